The summed E-state index contributed by atoms with van der Waals surface area (Å²) in [5, 5.41) is 11.0. The summed E-state index contributed by atoms with van der Waals surface area (Å²) in [6.45, 7) is 2.34. The Balaban J connectivity index is 1.74. The van der Waals surface area contributed by atoms with Gasteiger partial charge in [0.1, 0.15) is 17.3 Å². The van der Waals surface area contributed by atoms with E-state index in [0.29, 0.717) is 12.2 Å². The van der Waals surface area contributed by atoms with Gasteiger partial charge >= 0.3 is 0 Å². The number of hydrogen-bond acceptors (Lipinski definition) is 4. The molecule has 2 aromatic rings. The zero-order chi connectivity index (χ0) is 17.6. The second-order valence-corrected chi connectivity index (χ2v) is 6.20. The minimum absolute atomic E-state index is 0.0437. The summed E-state index contributed by atoms with van der Waals surface area (Å²) in [5.74, 6) is 1.13. The van der Waals surface area contributed by atoms with Crippen LogP contribution in [0.25, 0.3) is 6.08 Å². The summed E-state index contributed by atoms with van der Waals surface area (Å²) in [4.78, 5) is 14.4. The fourth-order valence-electron chi connectivity index (χ4n) is 3.56. The maximum absolute atomic E-state index is 13.6. The molecule has 2 aliphatic rings. The number of carbonyl (C=O) groups excluding carboxylic acids is 1. The molecule has 1 aromatic carbocycles. The van der Waals surface area contributed by atoms with Crippen molar-refractivity contribution in [2.45, 2.75) is 25.6 Å². The van der Waals surface area contributed by atoms with Crippen LogP contribution in [0.3, 0.4) is 0 Å². The Kier molecular flexibility index (Phi) is 3.63. The van der Waals surface area contributed by atoms with Crippen molar-refractivity contribution in [2.24, 2.45) is 0 Å². The number of aromatic nitrogens is 3. The number of carbonyl (C=O) groups is 1. The van der Waals surface area contributed by atoms with Gasteiger partial charge in [-0.1, -0.05) is 18.2 Å². The number of hydrogen-bond donors (Lipinski definition) is 1. The molecular weight excluding hydrogens is 321 g/mol. The zero-order valence-electron chi connectivity index (χ0n) is 14.0. The Labute approximate surface area is 144 Å². The zero-order valence-corrected chi connectivity index (χ0v) is 14.0. The van der Waals surface area contributed by atoms with E-state index in [0.717, 1.165) is 17.2 Å². The van der Waals surface area contributed by atoms with Crippen LogP contribution in [0.2, 0.25) is 0 Å². The third kappa shape index (κ3) is 2.52. The summed E-state index contributed by atoms with van der Waals surface area (Å²) < 4.78 is 15.6. The highest BCUT2D eigenvalue weighted by atomic mass is 19.1. The fourth-order valence-corrected chi connectivity index (χ4v) is 3.56. The minimum Gasteiger partial charge on any atom is -0.354 e. The second-order valence-electron chi connectivity index (χ2n) is 6.20. The number of halogens is 1. The third-order valence-electron chi connectivity index (χ3n) is 4.68. The van der Waals surface area contributed by atoms with Crippen molar-refractivity contribution in [3.63, 3.8) is 0 Å². The van der Waals surface area contributed by atoms with Crippen LogP contribution < -0.4 is 5.32 Å². The molecule has 0 spiro atoms. The highest BCUT2D eigenvalue weighted by Gasteiger charge is 2.39. The highest BCUT2D eigenvalue weighted by molar-refractivity contribution is 5.93. The van der Waals surface area contributed by atoms with Crippen LogP contribution >= 0.6 is 0 Å². The smallest absolute Gasteiger partial charge is 0.267 e. The molecule has 128 valence electrons. The number of fused-ring (bicyclic) bond motifs is 3. The monoisotopic (exact) mass is 339 g/mol. The third-order valence-corrected chi connectivity index (χ3v) is 4.68. The number of rotatable bonds is 3. The van der Waals surface area contributed by atoms with Crippen LogP contribution in [0.1, 0.15) is 23.3 Å². The summed E-state index contributed by atoms with van der Waals surface area (Å²) >= 11 is 0. The van der Waals surface area contributed by atoms with Crippen molar-refractivity contribution in [3.8, 4) is 0 Å². The van der Waals surface area contributed by atoms with E-state index in [1.807, 2.05) is 40.7 Å². The molecule has 2 aliphatic heterocycles. The number of aryl methyl sites for hydroxylation is 1. The lowest BCUT2D eigenvalue weighted by Crippen LogP contribution is -2.38. The van der Waals surface area contributed by atoms with Crippen molar-refractivity contribution in [1.82, 2.24) is 25.0 Å². The first-order valence-corrected chi connectivity index (χ1v) is 8.13. The van der Waals surface area contributed by atoms with E-state index in [4.69, 9.17) is 0 Å². The first kappa shape index (κ1) is 15.6. The topological polar surface area (TPSA) is 63.1 Å². The minimum atomic E-state index is -0.283. The maximum Gasteiger partial charge on any atom is 0.267 e. The normalized spacial score (nSPS) is 20.9. The lowest BCUT2D eigenvalue weighted by molar-refractivity contribution is -0.118. The molecule has 3 heterocycles. The molecule has 7 heteroatoms. The second kappa shape index (κ2) is 5.84. The van der Waals surface area contributed by atoms with Crippen molar-refractivity contribution in [2.75, 3.05) is 7.05 Å². The highest BCUT2D eigenvalue weighted by Crippen LogP contribution is 2.37. The maximum atomic E-state index is 13.6. The van der Waals surface area contributed by atoms with Crippen LogP contribution in [0, 0.1) is 12.7 Å². The molecule has 0 saturated heterocycles. The molecular formula is C18H18FN5O. The molecule has 25 heavy (non-hydrogen) atoms. The van der Waals surface area contributed by atoms with Gasteiger partial charge in [0.2, 0.25) is 0 Å². The quantitative estimate of drug-likeness (QED) is 0.926. The van der Waals surface area contributed by atoms with E-state index in [2.05, 4.69) is 15.5 Å². The van der Waals surface area contributed by atoms with Gasteiger partial charge in [0.25, 0.3) is 5.91 Å². The van der Waals surface area contributed by atoms with E-state index in [-0.39, 0.29) is 23.8 Å². The van der Waals surface area contributed by atoms with Crippen LogP contribution in [-0.2, 0) is 11.3 Å². The number of likely N-dealkylation sites (N-methyl/N-ethyl adjacent to an activating group) is 1. The molecule has 0 saturated carbocycles. The Hall–Kier alpha value is -2.96. The molecule has 1 amide bonds. The van der Waals surface area contributed by atoms with Crippen LogP contribution in [0.5, 0.6) is 0 Å². The summed E-state index contributed by atoms with van der Waals surface area (Å²) in [5.41, 5.74) is 1.39. The average Bonchev–Trinajstić information content (AvgIpc) is 3.15. The summed E-state index contributed by atoms with van der Waals surface area (Å²) in [6.07, 6.45) is 5.88. The average molecular weight is 339 g/mol. The Morgan fingerprint density at radius 1 is 1.32 bits per heavy atom. The van der Waals surface area contributed by atoms with Gasteiger partial charge in [-0.3, -0.25) is 4.79 Å². The lowest BCUT2D eigenvalue weighted by atomic mass is 10.1. The largest absolute Gasteiger partial charge is 0.354 e. The summed E-state index contributed by atoms with van der Waals surface area (Å²) in [6, 6.07) is 6.35. The van der Waals surface area contributed by atoms with Gasteiger partial charge in [-0.25, -0.2) is 4.39 Å². The van der Waals surface area contributed by atoms with Gasteiger partial charge in [0, 0.05) is 13.6 Å². The van der Waals surface area contributed by atoms with Gasteiger partial charge in [-0.05, 0) is 36.8 Å². The number of nitrogens with one attached hydrogen (secondary N) is 1. The Bertz CT molecular complexity index is 901. The van der Waals surface area contributed by atoms with Crippen LogP contribution in [0.15, 0.2) is 42.1 Å². The van der Waals surface area contributed by atoms with Gasteiger partial charge in [-0.2, -0.15) is 0 Å². The first-order valence-electron chi connectivity index (χ1n) is 8.13. The molecule has 0 fully saturated rings. The molecule has 2 atom stereocenters. The standard InChI is InChI=1S/C18H18FN5O/c1-11-21-22-17-7-6-14-15(24(11)17)9-16(18(25)20-2)23(14)10-12-4-3-5-13(19)8-12/h3-9,14-15H,10H2,1-2H3,(H,20,25). The predicted molar refractivity (Wildman–Crippen MR) is 90.7 cm³/mol. The van der Waals surface area contributed by atoms with Gasteiger partial charge < -0.3 is 14.8 Å². The Morgan fingerprint density at radius 2 is 2.16 bits per heavy atom. The van der Waals surface area contributed by atoms with Crippen molar-refractivity contribution >= 4 is 12.0 Å². The number of nitrogens with zero attached hydrogens (tertiary/aromatic N) is 4. The Morgan fingerprint density at radius 3 is 2.92 bits per heavy atom. The molecule has 1 N–H and O–H groups in total. The van der Waals surface area contributed by atoms with Gasteiger partial charge in [0.15, 0.2) is 5.82 Å². The van der Waals surface area contributed by atoms with E-state index in [9.17, 15) is 9.18 Å². The predicted octanol–water partition coefficient (Wildman–Crippen LogP) is 1.81. The van der Waals surface area contributed by atoms with Gasteiger partial charge in [-0.15, -0.1) is 10.2 Å². The molecule has 0 bridgehead atoms. The molecule has 1 aromatic heterocycles. The molecule has 2 unspecified atom stereocenters. The van der Waals surface area contributed by atoms with Crippen LogP contribution in [-0.4, -0.2) is 38.7 Å². The van der Waals surface area contributed by atoms with E-state index in [1.54, 1.807) is 13.1 Å². The van der Waals surface area contributed by atoms with E-state index < -0.39 is 0 Å². The first-order chi connectivity index (χ1) is 12.1. The van der Waals surface area contributed by atoms with E-state index >= 15 is 0 Å². The fraction of sp³-hybridized carbons (Fsp3) is 0.278. The number of amides is 1. The number of benzene rings is 1. The molecule has 4 rings (SSSR count). The van der Waals surface area contributed by atoms with Crippen molar-refractivity contribution in [3.05, 3.63) is 65.1 Å². The van der Waals surface area contributed by atoms with Crippen LogP contribution in [0.4, 0.5) is 4.39 Å². The van der Waals surface area contributed by atoms with Crippen molar-refractivity contribution < 1.29 is 9.18 Å². The molecule has 0 aliphatic carbocycles. The summed E-state index contributed by atoms with van der Waals surface area (Å²) in [7, 11) is 1.61. The lowest BCUT2D eigenvalue weighted by Gasteiger charge is -2.32. The molecule has 6 nitrogen and oxygen atoms in total. The van der Waals surface area contributed by atoms with Gasteiger partial charge in [0.05, 0.1) is 12.1 Å². The van der Waals surface area contributed by atoms with Crippen molar-refractivity contribution in [1.29, 1.82) is 0 Å². The SMILES string of the molecule is CNC(=O)C1=CC2C(C=Cc3nnc(C)n32)N1Cc1cccc(F)c1. The van der Waals surface area contributed by atoms with E-state index in [1.165, 1.54) is 12.1 Å². The molecule has 0 radical (unpaired) electrons.